The molecule has 5 nitrogen and oxygen atoms in total. The van der Waals surface area contributed by atoms with Gasteiger partial charge in [-0.15, -0.1) is 0 Å². The lowest BCUT2D eigenvalue weighted by Gasteiger charge is -2.26. The predicted octanol–water partition coefficient (Wildman–Crippen LogP) is 1.54. The van der Waals surface area contributed by atoms with Gasteiger partial charge in [-0.1, -0.05) is 0 Å². The van der Waals surface area contributed by atoms with E-state index in [0.717, 1.165) is 39.0 Å². The fraction of sp³-hybridized carbons (Fsp3) is 0.643. The van der Waals surface area contributed by atoms with E-state index in [0.29, 0.717) is 24.8 Å². The van der Waals surface area contributed by atoms with Crippen molar-refractivity contribution in [1.29, 1.82) is 0 Å². The van der Waals surface area contributed by atoms with E-state index in [9.17, 15) is 4.79 Å². The van der Waals surface area contributed by atoms with Gasteiger partial charge in [0, 0.05) is 38.6 Å². The maximum absolute atomic E-state index is 11.4. The molecule has 2 aliphatic heterocycles. The fourth-order valence-corrected chi connectivity index (χ4v) is 2.75. The van der Waals surface area contributed by atoms with Gasteiger partial charge in [0.2, 0.25) is 5.95 Å². The van der Waals surface area contributed by atoms with Crippen LogP contribution < -0.4 is 4.90 Å². The number of carbonyl (C=O) groups is 1. The molecule has 0 amide bonds. The molecule has 0 spiro atoms. The van der Waals surface area contributed by atoms with Gasteiger partial charge in [-0.3, -0.25) is 4.79 Å². The van der Waals surface area contributed by atoms with E-state index >= 15 is 0 Å². The van der Waals surface area contributed by atoms with Crippen molar-refractivity contribution >= 4 is 11.7 Å². The summed E-state index contributed by atoms with van der Waals surface area (Å²) in [4.78, 5) is 22.3. The van der Waals surface area contributed by atoms with E-state index in [1.165, 1.54) is 5.56 Å². The number of carbonyl (C=O) groups excluding carboxylic acids is 1. The molecule has 5 heteroatoms. The summed E-state index contributed by atoms with van der Waals surface area (Å²) in [7, 11) is 0. The van der Waals surface area contributed by atoms with E-state index in [1.54, 1.807) is 0 Å². The molecule has 0 bridgehead atoms. The summed E-state index contributed by atoms with van der Waals surface area (Å²) in [6.45, 7) is 2.99. The van der Waals surface area contributed by atoms with E-state index in [4.69, 9.17) is 4.74 Å². The smallest absolute Gasteiger partial charge is 0.225 e. The Morgan fingerprint density at radius 2 is 1.95 bits per heavy atom. The summed E-state index contributed by atoms with van der Waals surface area (Å²) >= 11 is 0. The molecule has 0 unspecified atom stereocenters. The molecule has 0 aliphatic carbocycles. The van der Waals surface area contributed by atoms with Crippen LogP contribution in [0.1, 0.15) is 37.2 Å². The van der Waals surface area contributed by atoms with E-state index < -0.39 is 0 Å². The number of piperidine rings is 1. The third kappa shape index (κ3) is 2.92. The lowest BCUT2D eigenvalue weighted by Crippen LogP contribution is -2.36. The van der Waals surface area contributed by atoms with Crippen molar-refractivity contribution < 1.29 is 9.53 Å². The van der Waals surface area contributed by atoms with Gasteiger partial charge in [0.15, 0.2) is 5.78 Å². The van der Waals surface area contributed by atoms with Gasteiger partial charge in [-0.2, -0.15) is 0 Å². The van der Waals surface area contributed by atoms with Crippen LogP contribution in [-0.2, 0) is 9.53 Å². The zero-order chi connectivity index (χ0) is 13.1. The van der Waals surface area contributed by atoms with E-state index in [1.807, 2.05) is 17.3 Å². The Morgan fingerprint density at radius 3 is 2.63 bits per heavy atom. The Balaban J connectivity index is 1.69. The van der Waals surface area contributed by atoms with Crippen molar-refractivity contribution in [3.05, 3.63) is 18.0 Å². The molecule has 0 saturated carbocycles. The first-order chi connectivity index (χ1) is 9.33. The Bertz CT molecular complexity index is 441. The number of anilines is 1. The number of rotatable bonds is 2. The zero-order valence-electron chi connectivity index (χ0n) is 11.0. The molecule has 2 fully saturated rings. The Labute approximate surface area is 113 Å². The van der Waals surface area contributed by atoms with Crippen LogP contribution in [0.3, 0.4) is 0 Å². The summed E-state index contributed by atoms with van der Waals surface area (Å²) in [6.07, 6.45) is 7.52. The van der Waals surface area contributed by atoms with Crippen LogP contribution in [0.4, 0.5) is 5.95 Å². The van der Waals surface area contributed by atoms with Crippen molar-refractivity contribution in [3.63, 3.8) is 0 Å². The number of ketones is 1. The van der Waals surface area contributed by atoms with Crippen molar-refractivity contribution in [2.24, 2.45) is 0 Å². The van der Waals surface area contributed by atoms with Gasteiger partial charge < -0.3 is 9.64 Å². The van der Waals surface area contributed by atoms with Gasteiger partial charge >= 0.3 is 0 Å². The van der Waals surface area contributed by atoms with E-state index in [2.05, 4.69) is 9.97 Å². The van der Waals surface area contributed by atoms with Crippen LogP contribution in [0.2, 0.25) is 0 Å². The standard InChI is InChI=1S/C14H19N3O2/c18-13-2-1-5-17(10-13)14-15-8-12(9-16-14)11-3-6-19-7-4-11/h8-9,11H,1-7,10H2. The summed E-state index contributed by atoms with van der Waals surface area (Å²) in [5, 5.41) is 0. The van der Waals surface area contributed by atoms with Crippen LogP contribution in [0.15, 0.2) is 12.4 Å². The molecule has 0 atom stereocenters. The molecule has 3 rings (SSSR count). The predicted molar refractivity (Wildman–Crippen MR) is 71.3 cm³/mol. The lowest BCUT2D eigenvalue weighted by molar-refractivity contribution is -0.118. The highest BCUT2D eigenvalue weighted by Gasteiger charge is 2.20. The minimum absolute atomic E-state index is 0.281. The highest BCUT2D eigenvalue weighted by Crippen LogP contribution is 2.26. The molecule has 0 N–H and O–H groups in total. The minimum atomic E-state index is 0.281. The maximum Gasteiger partial charge on any atom is 0.225 e. The lowest BCUT2D eigenvalue weighted by atomic mass is 9.94. The molecule has 2 saturated heterocycles. The van der Waals surface area contributed by atoms with E-state index in [-0.39, 0.29) is 5.78 Å². The first-order valence-electron chi connectivity index (χ1n) is 6.99. The van der Waals surface area contributed by atoms with Crippen LogP contribution in [-0.4, -0.2) is 42.1 Å². The SMILES string of the molecule is O=C1CCCN(c2ncc(C3CCOCC3)cn2)C1. The third-order valence-corrected chi connectivity index (χ3v) is 3.88. The molecule has 1 aromatic rings. The highest BCUT2D eigenvalue weighted by atomic mass is 16.5. The number of hydrogen-bond donors (Lipinski definition) is 0. The zero-order valence-corrected chi connectivity index (χ0v) is 11.0. The third-order valence-electron chi connectivity index (χ3n) is 3.88. The molecule has 0 aromatic carbocycles. The fourth-order valence-electron chi connectivity index (χ4n) is 2.75. The summed E-state index contributed by atoms with van der Waals surface area (Å²) in [6, 6.07) is 0. The maximum atomic E-state index is 11.4. The Kier molecular flexibility index (Phi) is 3.73. The van der Waals surface area contributed by atoms with Gasteiger partial charge in [0.25, 0.3) is 0 Å². The Hall–Kier alpha value is -1.49. The molecular formula is C14H19N3O2. The van der Waals surface area contributed by atoms with Crippen LogP contribution in [0, 0.1) is 0 Å². The molecule has 3 heterocycles. The second-order valence-corrected chi connectivity index (χ2v) is 5.27. The number of nitrogens with zero attached hydrogens (tertiary/aromatic N) is 3. The highest BCUT2D eigenvalue weighted by molar-refractivity contribution is 5.84. The van der Waals surface area contributed by atoms with Gasteiger partial charge in [0.05, 0.1) is 6.54 Å². The minimum Gasteiger partial charge on any atom is -0.381 e. The summed E-state index contributed by atoms with van der Waals surface area (Å²) < 4.78 is 5.37. The quantitative estimate of drug-likeness (QED) is 0.808. The van der Waals surface area contributed by atoms with Gasteiger partial charge in [-0.05, 0) is 30.7 Å². The first kappa shape index (κ1) is 12.5. The first-order valence-corrected chi connectivity index (χ1v) is 6.99. The molecule has 102 valence electrons. The monoisotopic (exact) mass is 261 g/mol. The molecule has 19 heavy (non-hydrogen) atoms. The number of aromatic nitrogens is 2. The molecule has 1 aromatic heterocycles. The number of ether oxygens (including phenoxy) is 1. The normalized spacial score (nSPS) is 21.7. The van der Waals surface area contributed by atoms with Crippen molar-refractivity contribution in [1.82, 2.24) is 9.97 Å². The molecular weight excluding hydrogens is 242 g/mol. The van der Waals surface area contributed by atoms with Crippen molar-refractivity contribution in [2.75, 3.05) is 31.2 Å². The summed E-state index contributed by atoms with van der Waals surface area (Å²) in [5.41, 5.74) is 1.19. The molecule has 0 radical (unpaired) electrons. The number of hydrogen-bond acceptors (Lipinski definition) is 5. The van der Waals surface area contributed by atoms with Crippen molar-refractivity contribution in [2.45, 2.75) is 31.6 Å². The van der Waals surface area contributed by atoms with Crippen LogP contribution in [0.5, 0.6) is 0 Å². The van der Waals surface area contributed by atoms with Gasteiger partial charge in [-0.25, -0.2) is 9.97 Å². The largest absolute Gasteiger partial charge is 0.381 e. The average molecular weight is 261 g/mol. The topological polar surface area (TPSA) is 55.3 Å². The number of Topliss-reactive ketones (excluding diaryl/α,β-unsaturated/α-hetero) is 1. The average Bonchev–Trinajstić information content (AvgIpc) is 2.48. The van der Waals surface area contributed by atoms with Crippen LogP contribution >= 0.6 is 0 Å². The van der Waals surface area contributed by atoms with Gasteiger partial charge in [0.1, 0.15) is 0 Å². The van der Waals surface area contributed by atoms with Crippen LogP contribution in [0.25, 0.3) is 0 Å². The summed E-state index contributed by atoms with van der Waals surface area (Å²) in [5.74, 6) is 1.48. The Morgan fingerprint density at radius 1 is 1.21 bits per heavy atom. The second-order valence-electron chi connectivity index (χ2n) is 5.27. The second kappa shape index (κ2) is 5.65. The molecule has 2 aliphatic rings. The van der Waals surface area contributed by atoms with Crippen molar-refractivity contribution in [3.8, 4) is 0 Å².